The molecule has 1 heterocycles. The summed E-state index contributed by atoms with van der Waals surface area (Å²) in [4.78, 5) is 12.8. The minimum atomic E-state index is -0.0510. The van der Waals surface area contributed by atoms with Crippen LogP contribution < -0.4 is 15.4 Å². The highest BCUT2D eigenvalue weighted by atomic mass is 16.5. The second kappa shape index (κ2) is 16.1. The first-order valence-electron chi connectivity index (χ1n) is 16.1. The standard InChI is InChI=1S/C35H52N2O2/c1-3-5-7-8-9-10-12-14-28-17-24-33-31(25-28)26-36-34(37-33)29-20-22-32(23-21-29)39-35(38)30-18-15-27(16-19-30)13-11-6-4-2/h17,20-25,27,30,34,36-37H,3-16,18-19,26H2,1-2H3/t27-,30-,34?. The second-order valence-electron chi connectivity index (χ2n) is 12.0. The number of ether oxygens (including phenoxy) is 1. The van der Waals surface area contributed by atoms with Gasteiger partial charge in [-0.15, -0.1) is 0 Å². The highest BCUT2D eigenvalue weighted by molar-refractivity contribution is 5.75. The van der Waals surface area contributed by atoms with Crippen LogP contribution in [-0.2, 0) is 17.8 Å². The third-order valence-corrected chi connectivity index (χ3v) is 8.86. The smallest absolute Gasteiger partial charge is 0.314 e. The van der Waals surface area contributed by atoms with Gasteiger partial charge in [-0.25, -0.2) is 0 Å². The highest BCUT2D eigenvalue weighted by Gasteiger charge is 2.27. The van der Waals surface area contributed by atoms with Gasteiger partial charge in [0.1, 0.15) is 11.9 Å². The fourth-order valence-corrected chi connectivity index (χ4v) is 6.29. The molecule has 1 aliphatic carbocycles. The van der Waals surface area contributed by atoms with Gasteiger partial charge in [-0.2, -0.15) is 0 Å². The number of fused-ring (bicyclic) bond motifs is 1. The number of anilines is 1. The first-order valence-corrected chi connectivity index (χ1v) is 16.1. The van der Waals surface area contributed by atoms with Crippen molar-refractivity contribution in [2.24, 2.45) is 11.8 Å². The van der Waals surface area contributed by atoms with Crippen LogP contribution in [-0.4, -0.2) is 5.97 Å². The van der Waals surface area contributed by atoms with Crippen LogP contribution in [0.15, 0.2) is 42.5 Å². The summed E-state index contributed by atoms with van der Waals surface area (Å²) in [6, 6.07) is 14.9. The average molecular weight is 533 g/mol. The number of hydrogen-bond acceptors (Lipinski definition) is 4. The van der Waals surface area contributed by atoms with E-state index in [2.05, 4.69) is 54.8 Å². The molecule has 0 radical (unpaired) electrons. The third-order valence-electron chi connectivity index (χ3n) is 8.86. The van der Waals surface area contributed by atoms with E-state index in [1.807, 2.05) is 12.1 Å². The van der Waals surface area contributed by atoms with Crippen molar-refractivity contribution < 1.29 is 9.53 Å². The van der Waals surface area contributed by atoms with Gasteiger partial charge in [-0.05, 0) is 79.3 Å². The van der Waals surface area contributed by atoms with Crippen molar-refractivity contribution in [2.75, 3.05) is 5.32 Å². The van der Waals surface area contributed by atoms with Gasteiger partial charge < -0.3 is 10.1 Å². The molecule has 1 aliphatic heterocycles. The molecule has 0 amide bonds. The van der Waals surface area contributed by atoms with Gasteiger partial charge in [0.15, 0.2) is 0 Å². The number of carbonyl (C=O) groups excluding carboxylic acids is 1. The molecule has 1 unspecified atom stereocenters. The predicted molar refractivity (Wildman–Crippen MR) is 163 cm³/mol. The number of unbranched alkanes of at least 4 members (excludes halogenated alkanes) is 8. The average Bonchev–Trinajstić information content (AvgIpc) is 2.97. The van der Waals surface area contributed by atoms with E-state index in [4.69, 9.17) is 4.74 Å². The van der Waals surface area contributed by atoms with Crippen molar-refractivity contribution in [2.45, 2.75) is 129 Å². The molecule has 1 atom stereocenters. The molecular weight excluding hydrogens is 480 g/mol. The topological polar surface area (TPSA) is 50.4 Å². The Balaban J connectivity index is 1.19. The maximum atomic E-state index is 12.8. The fourth-order valence-electron chi connectivity index (χ4n) is 6.29. The lowest BCUT2D eigenvalue weighted by Crippen LogP contribution is -2.32. The Morgan fingerprint density at radius 3 is 2.26 bits per heavy atom. The Kier molecular flexibility index (Phi) is 12.2. The first kappa shape index (κ1) is 29.6. The van der Waals surface area contributed by atoms with Crippen molar-refractivity contribution in [3.05, 3.63) is 59.2 Å². The van der Waals surface area contributed by atoms with Crippen molar-refractivity contribution in [1.82, 2.24) is 5.32 Å². The molecule has 0 spiro atoms. The molecule has 2 aliphatic rings. The molecule has 0 saturated heterocycles. The molecule has 2 aromatic carbocycles. The summed E-state index contributed by atoms with van der Waals surface area (Å²) in [5.41, 5.74) is 5.15. The Bertz CT molecular complexity index is 994. The fraction of sp³-hybridized carbons (Fsp3) is 0.629. The summed E-state index contributed by atoms with van der Waals surface area (Å²) in [5.74, 6) is 1.46. The number of benzene rings is 2. The van der Waals surface area contributed by atoms with Gasteiger partial charge in [0, 0.05) is 12.2 Å². The summed E-state index contributed by atoms with van der Waals surface area (Å²) < 4.78 is 5.78. The zero-order valence-electron chi connectivity index (χ0n) is 24.6. The monoisotopic (exact) mass is 532 g/mol. The molecule has 4 heteroatoms. The van der Waals surface area contributed by atoms with Crippen molar-refractivity contribution >= 4 is 11.7 Å². The van der Waals surface area contributed by atoms with Crippen LogP contribution in [0.3, 0.4) is 0 Å². The predicted octanol–water partition coefficient (Wildman–Crippen LogP) is 9.49. The van der Waals surface area contributed by atoms with Gasteiger partial charge in [0.25, 0.3) is 0 Å². The molecule has 4 nitrogen and oxygen atoms in total. The van der Waals surface area contributed by atoms with Gasteiger partial charge in [0.05, 0.1) is 5.92 Å². The maximum absolute atomic E-state index is 12.8. The van der Waals surface area contributed by atoms with E-state index in [1.165, 1.54) is 107 Å². The molecule has 1 fully saturated rings. The molecular formula is C35H52N2O2. The minimum absolute atomic E-state index is 0.0510. The largest absolute Gasteiger partial charge is 0.426 e. The Morgan fingerprint density at radius 1 is 0.821 bits per heavy atom. The van der Waals surface area contributed by atoms with Gasteiger partial charge in [-0.3, -0.25) is 10.1 Å². The van der Waals surface area contributed by atoms with Gasteiger partial charge in [-0.1, -0.05) is 102 Å². The molecule has 2 aromatic rings. The van der Waals surface area contributed by atoms with Gasteiger partial charge in [0.2, 0.25) is 0 Å². The van der Waals surface area contributed by atoms with Crippen LogP contribution in [0.25, 0.3) is 0 Å². The zero-order chi connectivity index (χ0) is 27.3. The van der Waals surface area contributed by atoms with E-state index in [0.29, 0.717) is 5.75 Å². The van der Waals surface area contributed by atoms with Crippen LogP contribution >= 0.6 is 0 Å². The number of rotatable bonds is 15. The summed E-state index contributed by atoms with van der Waals surface area (Å²) >= 11 is 0. The lowest BCUT2D eigenvalue weighted by Gasteiger charge is -2.29. The number of esters is 1. The Morgan fingerprint density at radius 2 is 1.51 bits per heavy atom. The lowest BCUT2D eigenvalue weighted by atomic mass is 9.80. The summed E-state index contributed by atoms with van der Waals surface area (Å²) in [5, 5.41) is 7.28. The molecule has 214 valence electrons. The normalized spacial score (nSPS) is 20.7. The minimum Gasteiger partial charge on any atom is -0.426 e. The van der Waals surface area contributed by atoms with Crippen LogP contribution in [0, 0.1) is 11.8 Å². The first-order chi connectivity index (χ1) is 19.2. The van der Waals surface area contributed by atoms with E-state index in [1.54, 1.807) is 0 Å². The van der Waals surface area contributed by atoms with Gasteiger partial charge >= 0.3 is 5.97 Å². The van der Waals surface area contributed by atoms with E-state index in [0.717, 1.165) is 30.9 Å². The van der Waals surface area contributed by atoms with Crippen LogP contribution in [0.1, 0.15) is 133 Å². The van der Waals surface area contributed by atoms with Crippen LogP contribution in [0.4, 0.5) is 5.69 Å². The van der Waals surface area contributed by atoms with E-state index in [-0.39, 0.29) is 18.1 Å². The maximum Gasteiger partial charge on any atom is 0.314 e. The number of hydrogen-bond donors (Lipinski definition) is 2. The van der Waals surface area contributed by atoms with Crippen molar-refractivity contribution in [1.29, 1.82) is 0 Å². The van der Waals surface area contributed by atoms with Crippen LogP contribution in [0.2, 0.25) is 0 Å². The number of nitrogens with one attached hydrogen (secondary N) is 2. The Hall–Kier alpha value is -2.33. The molecule has 2 N–H and O–H groups in total. The molecule has 0 bridgehead atoms. The van der Waals surface area contributed by atoms with E-state index < -0.39 is 0 Å². The SMILES string of the molecule is CCCCCCCCCc1ccc2c(c1)CNC(c1ccc(OC(=O)[C@H]3CC[C@H](CCCCC)CC3)cc1)N2. The highest BCUT2D eigenvalue weighted by Crippen LogP contribution is 2.33. The third kappa shape index (κ3) is 9.38. The summed E-state index contributed by atoms with van der Waals surface area (Å²) in [7, 11) is 0. The zero-order valence-corrected chi connectivity index (χ0v) is 24.6. The Labute approximate surface area is 237 Å². The summed E-state index contributed by atoms with van der Waals surface area (Å²) in [6.07, 6.45) is 20.2. The van der Waals surface area contributed by atoms with Crippen molar-refractivity contribution in [3.8, 4) is 5.75 Å². The molecule has 39 heavy (non-hydrogen) atoms. The molecule has 1 saturated carbocycles. The quantitative estimate of drug-likeness (QED) is 0.136. The summed E-state index contributed by atoms with van der Waals surface area (Å²) in [6.45, 7) is 5.39. The van der Waals surface area contributed by atoms with Crippen LogP contribution in [0.5, 0.6) is 5.75 Å². The second-order valence-corrected chi connectivity index (χ2v) is 12.0. The lowest BCUT2D eigenvalue weighted by molar-refractivity contribution is -0.140. The van der Waals surface area contributed by atoms with Crippen molar-refractivity contribution in [3.63, 3.8) is 0 Å². The van der Waals surface area contributed by atoms with E-state index in [9.17, 15) is 4.79 Å². The van der Waals surface area contributed by atoms with E-state index >= 15 is 0 Å². The number of carbonyl (C=O) groups is 1. The number of aryl methyl sites for hydroxylation is 1. The molecule has 0 aromatic heterocycles. The molecule has 4 rings (SSSR count).